The average molecular weight is 490 g/mol. The van der Waals surface area contributed by atoms with Crippen LogP contribution in [0, 0.1) is 0 Å². The minimum absolute atomic E-state index is 0.0377. The molecule has 0 spiro atoms. The summed E-state index contributed by atoms with van der Waals surface area (Å²) in [5, 5.41) is 21.5. The molecule has 0 unspecified atom stereocenters. The Morgan fingerprint density at radius 2 is 1.86 bits per heavy atom. The number of aryl methyl sites for hydroxylation is 1. The first-order valence-electron chi connectivity index (χ1n) is 11.1. The van der Waals surface area contributed by atoms with Gasteiger partial charge in [0, 0.05) is 40.7 Å². The van der Waals surface area contributed by atoms with E-state index in [0.717, 1.165) is 27.9 Å². The third-order valence-electron chi connectivity index (χ3n) is 5.66. The topological polar surface area (TPSA) is 109 Å². The summed E-state index contributed by atoms with van der Waals surface area (Å²) in [6, 6.07) is 15.0. The Balaban J connectivity index is 1.36. The third-order valence-corrected chi connectivity index (χ3v) is 6.42. The van der Waals surface area contributed by atoms with Crippen molar-refractivity contribution in [1.29, 1.82) is 0 Å². The normalized spacial score (nSPS) is 11.3. The van der Waals surface area contributed by atoms with Gasteiger partial charge < -0.3 is 15.7 Å². The lowest BCUT2D eigenvalue weighted by Gasteiger charge is -2.22. The van der Waals surface area contributed by atoms with E-state index in [1.54, 1.807) is 22.9 Å². The number of amides is 2. The predicted octanol–water partition coefficient (Wildman–Crippen LogP) is 3.85. The van der Waals surface area contributed by atoms with E-state index in [2.05, 4.69) is 20.7 Å². The maximum Gasteiger partial charge on any atom is 0.251 e. The number of aromatic nitrogens is 3. The van der Waals surface area contributed by atoms with Crippen LogP contribution in [0.3, 0.4) is 0 Å². The lowest BCUT2D eigenvalue weighted by atomic mass is 9.85. The summed E-state index contributed by atoms with van der Waals surface area (Å²) in [4.78, 5) is 29.5. The number of aliphatic hydroxyl groups excluding tert-OH is 1. The first kappa shape index (κ1) is 24.3. The van der Waals surface area contributed by atoms with Crippen LogP contribution in [0.2, 0.25) is 0 Å². The highest BCUT2D eigenvalue weighted by Gasteiger charge is 2.20. The van der Waals surface area contributed by atoms with Crippen molar-refractivity contribution >= 4 is 28.3 Å². The molecular formula is C26H27N5O3S. The molecule has 0 aliphatic carbocycles. The van der Waals surface area contributed by atoms with Crippen molar-refractivity contribution in [3.05, 3.63) is 77.4 Å². The Labute approximate surface area is 207 Å². The fourth-order valence-corrected chi connectivity index (χ4v) is 4.23. The molecule has 0 aliphatic heterocycles. The second kappa shape index (κ2) is 10.2. The molecule has 0 atom stereocenters. The highest BCUT2D eigenvalue weighted by atomic mass is 32.1. The zero-order chi connectivity index (χ0) is 25.0. The summed E-state index contributed by atoms with van der Waals surface area (Å²) in [6.07, 6.45) is 3.76. The van der Waals surface area contributed by atoms with E-state index < -0.39 is 5.41 Å². The van der Waals surface area contributed by atoms with Crippen LogP contribution in [0.15, 0.2) is 66.3 Å². The quantitative estimate of drug-likeness (QED) is 0.348. The minimum atomic E-state index is -0.465. The summed E-state index contributed by atoms with van der Waals surface area (Å²) in [5.74, 6) is -0.724. The maximum atomic E-state index is 12.5. The number of thiazole rings is 1. The Bertz CT molecular complexity index is 1360. The van der Waals surface area contributed by atoms with E-state index >= 15 is 0 Å². The second-order valence-electron chi connectivity index (χ2n) is 8.88. The molecule has 4 aromatic rings. The van der Waals surface area contributed by atoms with Crippen molar-refractivity contribution in [2.75, 3.05) is 18.5 Å². The fraction of sp³-hybridized carbons (Fsp3) is 0.231. The smallest absolute Gasteiger partial charge is 0.251 e. The molecule has 0 aliphatic rings. The van der Waals surface area contributed by atoms with Crippen molar-refractivity contribution in [1.82, 2.24) is 20.1 Å². The Morgan fingerprint density at radius 3 is 2.60 bits per heavy atom. The number of carbonyl (C=O) groups is 2. The monoisotopic (exact) mass is 489 g/mol. The Hall–Kier alpha value is -3.82. The first-order valence-corrected chi connectivity index (χ1v) is 12.0. The lowest BCUT2D eigenvalue weighted by Crippen LogP contribution is -2.33. The SMILES string of the molecule is Cn1cc(-c2cccc(-c3csc(NC(=O)CNC(=O)c4cccc(C(C)(C)CO)c4)n3)c2)cn1. The summed E-state index contributed by atoms with van der Waals surface area (Å²) in [6.45, 7) is 3.58. The van der Waals surface area contributed by atoms with Gasteiger partial charge in [0.25, 0.3) is 5.91 Å². The molecule has 9 heteroatoms. The largest absolute Gasteiger partial charge is 0.395 e. The van der Waals surface area contributed by atoms with Gasteiger partial charge in [-0.05, 0) is 29.3 Å². The minimum Gasteiger partial charge on any atom is -0.395 e. The molecule has 0 fully saturated rings. The van der Waals surface area contributed by atoms with Crippen LogP contribution in [-0.4, -0.2) is 44.8 Å². The summed E-state index contributed by atoms with van der Waals surface area (Å²) in [7, 11) is 1.88. The van der Waals surface area contributed by atoms with Gasteiger partial charge in [-0.3, -0.25) is 14.3 Å². The van der Waals surface area contributed by atoms with E-state index in [1.807, 2.05) is 69.0 Å². The zero-order valence-corrected chi connectivity index (χ0v) is 20.6. The molecule has 2 amide bonds. The molecule has 3 N–H and O–H groups in total. The van der Waals surface area contributed by atoms with Gasteiger partial charge in [0.05, 0.1) is 25.0 Å². The van der Waals surface area contributed by atoms with Gasteiger partial charge in [-0.1, -0.05) is 44.2 Å². The van der Waals surface area contributed by atoms with E-state index in [-0.39, 0.29) is 25.0 Å². The standard InChI is InChI=1S/C26H27N5O3S/c1-26(2,16-32)21-9-5-8-19(11-21)24(34)27-13-23(33)30-25-29-22(15-35-25)18-7-4-6-17(10-18)20-12-28-31(3)14-20/h4-12,14-15,32H,13,16H2,1-3H3,(H,27,34)(H,29,30,33). The van der Waals surface area contributed by atoms with Crippen molar-refractivity contribution < 1.29 is 14.7 Å². The predicted molar refractivity (Wildman–Crippen MR) is 137 cm³/mol. The van der Waals surface area contributed by atoms with Gasteiger partial charge >= 0.3 is 0 Å². The summed E-state index contributed by atoms with van der Waals surface area (Å²) >= 11 is 1.32. The van der Waals surface area contributed by atoms with Crippen LogP contribution >= 0.6 is 11.3 Å². The number of hydrogen-bond acceptors (Lipinski definition) is 6. The van der Waals surface area contributed by atoms with Crippen LogP contribution in [0.5, 0.6) is 0 Å². The molecule has 0 saturated heterocycles. The number of nitrogens with one attached hydrogen (secondary N) is 2. The number of rotatable bonds is 8. The van der Waals surface area contributed by atoms with Crippen molar-refractivity contribution in [2.45, 2.75) is 19.3 Å². The number of benzene rings is 2. The fourth-order valence-electron chi connectivity index (χ4n) is 3.49. The molecule has 4 rings (SSSR count). The molecule has 2 heterocycles. The molecule has 2 aromatic carbocycles. The van der Waals surface area contributed by atoms with Crippen molar-refractivity contribution in [3.8, 4) is 22.4 Å². The van der Waals surface area contributed by atoms with Crippen LogP contribution in [0.25, 0.3) is 22.4 Å². The number of aliphatic hydroxyl groups is 1. The van der Waals surface area contributed by atoms with Crippen LogP contribution < -0.4 is 10.6 Å². The molecule has 180 valence electrons. The Kier molecular flexibility index (Phi) is 7.09. The molecule has 2 aromatic heterocycles. The third kappa shape index (κ3) is 5.82. The van der Waals surface area contributed by atoms with Gasteiger partial charge in [-0.2, -0.15) is 5.10 Å². The van der Waals surface area contributed by atoms with Gasteiger partial charge in [-0.25, -0.2) is 4.98 Å². The van der Waals surface area contributed by atoms with Gasteiger partial charge in [0.1, 0.15) is 0 Å². The van der Waals surface area contributed by atoms with E-state index in [9.17, 15) is 14.7 Å². The van der Waals surface area contributed by atoms with Crippen LogP contribution in [0.1, 0.15) is 29.8 Å². The molecule has 0 bridgehead atoms. The van der Waals surface area contributed by atoms with Gasteiger partial charge in [0.15, 0.2) is 5.13 Å². The maximum absolute atomic E-state index is 12.5. The molecule has 35 heavy (non-hydrogen) atoms. The highest BCUT2D eigenvalue weighted by Crippen LogP contribution is 2.29. The Morgan fingerprint density at radius 1 is 1.09 bits per heavy atom. The van der Waals surface area contributed by atoms with E-state index in [0.29, 0.717) is 10.7 Å². The van der Waals surface area contributed by atoms with Crippen LogP contribution in [-0.2, 0) is 17.3 Å². The number of carbonyl (C=O) groups excluding carboxylic acids is 2. The molecule has 8 nitrogen and oxygen atoms in total. The zero-order valence-electron chi connectivity index (χ0n) is 19.8. The molecule has 0 saturated carbocycles. The van der Waals surface area contributed by atoms with Crippen molar-refractivity contribution in [2.24, 2.45) is 7.05 Å². The number of nitrogens with zero attached hydrogens (tertiary/aromatic N) is 3. The summed E-state index contributed by atoms with van der Waals surface area (Å²) < 4.78 is 1.75. The van der Waals surface area contributed by atoms with Gasteiger partial charge in [-0.15, -0.1) is 11.3 Å². The van der Waals surface area contributed by atoms with E-state index in [4.69, 9.17) is 0 Å². The number of anilines is 1. The average Bonchev–Trinajstić information content (AvgIpc) is 3.52. The first-order chi connectivity index (χ1) is 16.7. The van der Waals surface area contributed by atoms with Gasteiger partial charge in [0.2, 0.25) is 5.91 Å². The molecule has 0 radical (unpaired) electrons. The number of hydrogen-bond donors (Lipinski definition) is 3. The highest BCUT2D eigenvalue weighted by molar-refractivity contribution is 7.14. The summed E-state index contributed by atoms with van der Waals surface area (Å²) in [5.41, 5.74) is 4.54. The van der Waals surface area contributed by atoms with E-state index in [1.165, 1.54) is 11.3 Å². The lowest BCUT2D eigenvalue weighted by molar-refractivity contribution is -0.115. The second-order valence-corrected chi connectivity index (χ2v) is 9.73. The van der Waals surface area contributed by atoms with Crippen LogP contribution in [0.4, 0.5) is 5.13 Å². The van der Waals surface area contributed by atoms with Crippen molar-refractivity contribution in [3.63, 3.8) is 0 Å². The molecular weight excluding hydrogens is 462 g/mol.